The van der Waals surface area contributed by atoms with E-state index in [0.717, 1.165) is 29.9 Å². The average Bonchev–Trinajstić information content (AvgIpc) is 2.62. The van der Waals surface area contributed by atoms with E-state index in [2.05, 4.69) is 36.7 Å². The highest BCUT2D eigenvalue weighted by Crippen LogP contribution is 2.38. The Labute approximate surface area is 149 Å². The first-order valence-electron chi connectivity index (χ1n) is 8.34. The lowest BCUT2D eigenvalue weighted by atomic mass is 9.79. The van der Waals surface area contributed by atoms with Crippen LogP contribution >= 0.6 is 0 Å². The summed E-state index contributed by atoms with van der Waals surface area (Å²) in [6, 6.07) is 9.92. The van der Waals surface area contributed by atoms with Crippen molar-refractivity contribution in [3.8, 4) is 17.6 Å². The molecule has 3 rings (SSSR count). The van der Waals surface area contributed by atoms with Crippen molar-refractivity contribution in [1.82, 2.24) is 4.98 Å². The Morgan fingerprint density at radius 2 is 1.92 bits per heavy atom. The van der Waals surface area contributed by atoms with E-state index in [4.69, 9.17) is 14.2 Å². The van der Waals surface area contributed by atoms with Crippen LogP contribution in [0.2, 0.25) is 0 Å². The van der Waals surface area contributed by atoms with Crippen molar-refractivity contribution in [2.24, 2.45) is 0 Å². The average molecular weight is 337 g/mol. The van der Waals surface area contributed by atoms with Crippen molar-refractivity contribution < 1.29 is 14.2 Å². The summed E-state index contributed by atoms with van der Waals surface area (Å²) >= 11 is 0. The Hall–Kier alpha value is -2.35. The molecule has 0 unspecified atom stereocenters. The van der Waals surface area contributed by atoms with Crippen LogP contribution in [-0.4, -0.2) is 25.8 Å². The fourth-order valence-electron chi connectivity index (χ4n) is 2.94. The molecule has 25 heavy (non-hydrogen) atoms. The Morgan fingerprint density at radius 3 is 2.60 bits per heavy atom. The highest BCUT2D eigenvalue weighted by Gasteiger charge is 2.28. The van der Waals surface area contributed by atoms with Gasteiger partial charge in [-0.05, 0) is 48.1 Å². The number of nitrogens with zero attached hydrogens (tertiary/aromatic N) is 1. The molecule has 1 aromatic heterocycles. The summed E-state index contributed by atoms with van der Waals surface area (Å²) in [5.74, 6) is 7.28. The highest BCUT2D eigenvalue weighted by atomic mass is 16.7. The molecule has 4 nitrogen and oxygen atoms in total. The summed E-state index contributed by atoms with van der Waals surface area (Å²) < 4.78 is 16.2. The van der Waals surface area contributed by atoms with Gasteiger partial charge in [0.2, 0.25) is 0 Å². The van der Waals surface area contributed by atoms with Gasteiger partial charge in [0, 0.05) is 37.1 Å². The quantitative estimate of drug-likeness (QED) is 0.630. The number of ether oxygens (including phenoxy) is 3. The van der Waals surface area contributed by atoms with Crippen LogP contribution in [0, 0.1) is 11.8 Å². The van der Waals surface area contributed by atoms with E-state index in [-0.39, 0.29) is 5.41 Å². The van der Waals surface area contributed by atoms with E-state index in [0.29, 0.717) is 5.69 Å². The number of methoxy groups -OCH3 is 2. The van der Waals surface area contributed by atoms with E-state index >= 15 is 0 Å². The van der Waals surface area contributed by atoms with Crippen LogP contribution in [0.1, 0.15) is 48.9 Å². The second-order valence-corrected chi connectivity index (χ2v) is 6.72. The zero-order chi connectivity index (χ0) is 17.9. The Morgan fingerprint density at radius 1 is 1.12 bits per heavy atom. The van der Waals surface area contributed by atoms with Crippen LogP contribution in [0.3, 0.4) is 0 Å². The first-order valence-corrected chi connectivity index (χ1v) is 8.34. The minimum absolute atomic E-state index is 0.112. The number of hydrogen-bond donors (Lipinski definition) is 0. The molecule has 2 heterocycles. The maximum Gasteiger partial charge on any atom is 0.184 e. The third-order valence-electron chi connectivity index (χ3n) is 4.51. The van der Waals surface area contributed by atoms with Crippen molar-refractivity contribution in [1.29, 1.82) is 0 Å². The normalized spacial score (nSPS) is 15.1. The van der Waals surface area contributed by atoms with Gasteiger partial charge in [-0.25, -0.2) is 4.98 Å². The van der Waals surface area contributed by atoms with Crippen molar-refractivity contribution in [3.63, 3.8) is 0 Å². The number of aromatic nitrogens is 1. The fourth-order valence-corrected chi connectivity index (χ4v) is 2.94. The molecule has 4 heteroatoms. The van der Waals surface area contributed by atoms with Crippen LogP contribution in [0.15, 0.2) is 36.5 Å². The third-order valence-corrected chi connectivity index (χ3v) is 4.51. The zero-order valence-corrected chi connectivity index (χ0v) is 15.1. The summed E-state index contributed by atoms with van der Waals surface area (Å²) in [7, 11) is 3.20. The molecule has 1 aliphatic rings. The van der Waals surface area contributed by atoms with Gasteiger partial charge in [0.15, 0.2) is 6.29 Å². The number of rotatable bonds is 3. The first kappa shape index (κ1) is 17.5. The number of benzene rings is 1. The Kier molecular flexibility index (Phi) is 5.08. The van der Waals surface area contributed by atoms with Gasteiger partial charge in [0.05, 0.1) is 6.61 Å². The van der Waals surface area contributed by atoms with Crippen LogP contribution < -0.4 is 4.74 Å². The molecular formula is C21H23NO3. The molecule has 2 aromatic rings. The van der Waals surface area contributed by atoms with Crippen molar-refractivity contribution >= 4 is 0 Å². The minimum Gasteiger partial charge on any atom is -0.493 e. The Bertz CT molecular complexity index is 796. The molecule has 130 valence electrons. The van der Waals surface area contributed by atoms with Crippen LogP contribution in [-0.2, 0) is 14.9 Å². The van der Waals surface area contributed by atoms with Gasteiger partial charge in [-0.15, -0.1) is 0 Å². The smallest absolute Gasteiger partial charge is 0.184 e. The lowest BCUT2D eigenvalue weighted by molar-refractivity contribution is -0.106. The monoisotopic (exact) mass is 337 g/mol. The summed E-state index contributed by atoms with van der Waals surface area (Å²) in [6.45, 7) is 5.26. The molecule has 0 N–H and O–H groups in total. The molecule has 0 saturated heterocycles. The third kappa shape index (κ3) is 3.84. The number of hydrogen-bond acceptors (Lipinski definition) is 4. The largest absolute Gasteiger partial charge is 0.493 e. The SMILES string of the molecule is COC(OC)c1ccc(C#Cc2ccc3c(c2)C(C)(C)CCO3)nc1. The van der Waals surface area contributed by atoms with Gasteiger partial charge in [0.1, 0.15) is 11.4 Å². The minimum atomic E-state index is -0.405. The molecule has 0 bridgehead atoms. The van der Waals surface area contributed by atoms with Gasteiger partial charge < -0.3 is 14.2 Å². The first-order chi connectivity index (χ1) is 12.0. The van der Waals surface area contributed by atoms with Gasteiger partial charge in [0.25, 0.3) is 0 Å². The molecule has 0 saturated carbocycles. The number of fused-ring (bicyclic) bond motifs is 1. The summed E-state index contributed by atoms with van der Waals surface area (Å²) in [4.78, 5) is 4.37. The van der Waals surface area contributed by atoms with Crippen LogP contribution in [0.4, 0.5) is 0 Å². The second kappa shape index (κ2) is 7.26. The second-order valence-electron chi connectivity index (χ2n) is 6.72. The van der Waals surface area contributed by atoms with Crippen LogP contribution in [0.25, 0.3) is 0 Å². The topological polar surface area (TPSA) is 40.6 Å². The van der Waals surface area contributed by atoms with Gasteiger partial charge in [-0.2, -0.15) is 0 Å². The van der Waals surface area contributed by atoms with Gasteiger partial charge in [-0.3, -0.25) is 0 Å². The van der Waals surface area contributed by atoms with E-state index in [1.54, 1.807) is 20.4 Å². The van der Waals surface area contributed by atoms with E-state index in [1.165, 1.54) is 5.56 Å². The summed E-state index contributed by atoms with van der Waals surface area (Å²) in [5.41, 5.74) is 3.87. The zero-order valence-electron chi connectivity index (χ0n) is 15.1. The fraction of sp³-hybridized carbons (Fsp3) is 0.381. The Balaban J connectivity index is 1.82. The van der Waals surface area contributed by atoms with Crippen molar-refractivity contribution in [3.05, 3.63) is 58.9 Å². The predicted molar refractivity (Wildman–Crippen MR) is 96.6 cm³/mol. The molecule has 0 spiro atoms. The maximum absolute atomic E-state index is 5.75. The molecular weight excluding hydrogens is 314 g/mol. The van der Waals surface area contributed by atoms with Crippen molar-refractivity contribution in [2.75, 3.05) is 20.8 Å². The predicted octanol–water partition coefficient (Wildman–Crippen LogP) is 3.83. The van der Waals surface area contributed by atoms with E-state index in [1.807, 2.05) is 24.3 Å². The maximum atomic E-state index is 5.75. The van der Waals surface area contributed by atoms with Crippen LogP contribution in [0.5, 0.6) is 5.75 Å². The standard InChI is InChI=1S/C21H23NO3/c1-21(2)11-12-25-19-10-6-15(13-18(19)21)5-8-17-9-7-16(14-22-17)20(23-3)24-4/h6-7,9-10,13-14,20H,11-12H2,1-4H3. The van der Waals surface area contributed by atoms with Crippen molar-refractivity contribution in [2.45, 2.75) is 32.0 Å². The molecule has 0 aliphatic carbocycles. The van der Waals surface area contributed by atoms with E-state index < -0.39 is 6.29 Å². The molecule has 0 fully saturated rings. The molecule has 1 aromatic carbocycles. The molecule has 0 radical (unpaired) electrons. The van der Waals surface area contributed by atoms with Gasteiger partial charge >= 0.3 is 0 Å². The highest BCUT2D eigenvalue weighted by molar-refractivity contribution is 5.49. The molecule has 0 atom stereocenters. The van der Waals surface area contributed by atoms with Gasteiger partial charge in [-0.1, -0.05) is 19.8 Å². The summed E-state index contributed by atoms with van der Waals surface area (Å²) in [6.07, 6.45) is 2.34. The van der Waals surface area contributed by atoms with E-state index in [9.17, 15) is 0 Å². The summed E-state index contributed by atoms with van der Waals surface area (Å²) in [5, 5.41) is 0. The molecule has 1 aliphatic heterocycles. The molecule has 0 amide bonds. The lowest BCUT2D eigenvalue weighted by Gasteiger charge is -2.32. The number of pyridine rings is 1. The lowest BCUT2D eigenvalue weighted by Crippen LogP contribution is -2.26.